The Labute approximate surface area is 134 Å². The maximum absolute atomic E-state index is 12.9. The molecule has 2 heterocycles. The fourth-order valence-corrected chi connectivity index (χ4v) is 3.43. The van der Waals surface area contributed by atoms with Gasteiger partial charge in [0.05, 0.1) is 10.9 Å². The molecule has 1 radical (unpaired) electrons. The molecule has 2 N–H and O–H groups in total. The number of hydrogen-bond donors (Lipinski definition) is 1. The molecule has 0 amide bonds. The molecule has 1 saturated carbocycles. The van der Waals surface area contributed by atoms with Crippen LogP contribution < -0.4 is 5.73 Å². The second kappa shape index (κ2) is 5.50. The van der Waals surface area contributed by atoms with Crippen LogP contribution in [0.25, 0.3) is 11.0 Å². The van der Waals surface area contributed by atoms with Gasteiger partial charge in [0.15, 0.2) is 5.78 Å². The number of benzene rings is 1. The molecule has 0 spiro atoms. The lowest BCUT2D eigenvalue weighted by Gasteiger charge is -2.12. The lowest BCUT2D eigenvalue weighted by Crippen LogP contribution is -2.04. The lowest BCUT2D eigenvalue weighted by molar-refractivity contribution is 0.104. The van der Waals surface area contributed by atoms with Crippen molar-refractivity contribution >= 4 is 22.6 Å². The van der Waals surface area contributed by atoms with E-state index in [0.29, 0.717) is 28.4 Å². The topological polar surface area (TPSA) is 73.8 Å². The van der Waals surface area contributed by atoms with Crippen LogP contribution in [0.2, 0.25) is 0 Å². The van der Waals surface area contributed by atoms with Gasteiger partial charge in [0.1, 0.15) is 17.8 Å². The Balaban J connectivity index is 1.91. The van der Waals surface area contributed by atoms with E-state index in [4.69, 9.17) is 5.73 Å². The van der Waals surface area contributed by atoms with Crippen LogP contribution in [-0.4, -0.2) is 20.3 Å². The van der Waals surface area contributed by atoms with E-state index in [1.165, 1.54) is 19.2 Å². The van der Waals surface area contributed by atoms with E-state index in [0.717, 1.165) is 18.5 Å². The molecular formula is C18H17N4O. The van der Waals surface area contributed by atoms with Crippen LogP contribution in [0.3, 0.4) is 0 Å². The average Bonchev–Trinajstić information content (AvgIpc) is 3.23. The summed E-state index contributed by atoms with van der Waals surface area (Å²) in [5, 5.41) is 0.660. The van der Waals surface area contributed by atoms with Crippen molar-refractivity contribution in [2.24, 2.45) is 0 Å². The summed E-state index contributed by atoms with van der Waals surface area (Å²) in [5.74, 6) is 0.292. The van der Waals surface area contributed by atoms with Crippen LogP contribution in [0.4, 0.5) is 5.82 Å². The van der Waals surface area contributed by atoms with Gasteiger partial charge in [0, 0.05) is 17.8 Å². The number of ketones is 1. The van der Waals surface area contributed by atoms with Crippen LogP contribution in [-0.2, 0) is 0 Å². The predicted octanol–water partition coefficient (Wildman–Crippen LogP) is 3.16. The van der Waals surface area contributed by atoms with Crippen molar-refractivity contribution in [3.8, 4) is 0 Å². The first-order valence-corrected chi connectivity index (χ1v) is 7.87. The number of anilines is 1. The van der Waals surface area contributed by atoms with Crippen molar-refractivity contribution in [2.45, 2.75) is 31.7 Å². The van der Waals surface area contributed by atoms with Gasteiger partial charge in [-0.1, -0.05) is 31.0 Å². The van der Waals surface area contributed by atoms with Gasteiger partial charge < -0.3 is 10.3 Å². The largest absolute Gasteiger partial charge is 0.383 e. The van der Waals surface area contributed by atoms with Gasteiger partial charge in [-0.15, -0.1) is 0 Å². The lowest BCUT2D eigenvalue weighted by atomic mass is 10.0. The van der Waals surface area contributed by atoms with Crippen molar-refractivity contribution in [2.75, 3.05) is 5.73 Å². The molecule has 0 saturated heterocycles. The minimum atomic E-state index is -0.0647. The molecule has 1 aromatic carbocycles. The number of nitrogens with two attached hydrogens (primary N) is 1. The predicted molar refractivity (Wildman–Crippen MR) is 88.2 cm³/mol. The first-order chi connectivity index (χ1) is 11.3. The fourth-order valence-electron chi connectivity index (χ4n) is 3.43. The van der Waals surface area contributed by atoms with Crippen LogP contribution in [0.5, 0.6) is 0 Å². The number of carbonyl (C=O) groups is 1. The van der Waals surface area contributed by atoms with E-state index in [2.05, 4.69) is 20.6 Å². The van der Waals surface area contributed by atoms with Gasteiger partial charge in [0.2, 0.25) is 0 Å². The zero-order valence-corrected chi connectivity index (χ0v) is 12.7. The Hall–Kier alpha value is -2.69. The van der Waals surface area contributed by atoms with Crippen LogP contribution in [0, 0.1) is 6.07 Å². The highest BCUT2D eigenvalue weighted by atomic mass is 16.1. The highest BCUT2D eigenvalue weighted by Gasteiger charge is 2.25. The van der Waals surface area contributed by atoms with Crippen molar-refractivity contribution < 1.29 is 4.79 Å². The zero-order chi connectivity index (χ0) is 15.8. The molecule has 115 valence electrons. The fraction of sp³-hybridized carbons (Fsp3) is 0.278. The number of hydrogen-bond acceptors (Lipinski definition) is 4. The Bertz CT molecular complexity index is 863. The molecular weight excluding hydrogens is 288 g/mol. The van der Waals surface area contributed by atoms with Gasteiger partial charge in [-0.3, -0.25) is 4.79 Å². The summed E-state index contributed by atoms with van der Waals surface area (Å²) >= 11 is 0. The number of nitrogen functional groups attached to an aromatic ring is 1. The van der Waals surface area contributed by atoms with Crippen molar-refractivity contribution in [1.82, 2.24) is 14.5 Å². The molecule has 1 fully saturated rings. The van der Waals surface area contributed by atoms with Crippen molar-refractivity contribution in [3.05, 3.63) is 54.0 Å². The maximum atomic E-state index is 12.9. The summed E-state index contributed by atoms with van der Waals surface area (Å²) < 4.78 is 2.11. The van der Waals surface area contributed by atoms with E-state index in [1.807, 2.05) is 12.3 Å². The maximum Gasteiger partial charge on any atom is 0.195 e. The number of nitrogens with zero attached hydrogens (tertiary/aromatic N) is 3. The third-order valence-electron chi connectivity index (χ3n) is 4.57. The Morgan fingerprint density at radius 2 is 2.13 bits per heavy atom. The van der Waals surface area contributed by atoms with E-state index in [9.17, 15) is 4.79 Å². The third kappa shape index (κ3) is 2.29. The summed E-state index contributed by atoms with van der Waals surface area (Å²) in [4.78, 5) is 21.4. The number of fused-ring (bicyclic) bond motifs is 1. The number of carbonyl (C=O) groups excluding carboxylic acids is 1. The molecule has 0 aliphatic heterocycles. The van der Waals surface area contributed by atoms with E-state index in [-0.39, 0.29) is 5.78 Å². The second-order valence-electron chi connectivity index (χ2n) is 5.97. The van der Waals surface area contributed by atoms with E-state index >= 15 is 0 Å². The summed E-state index contributed by atoms with van der Waals surface area (Å²) in [6.45, 7) is 0. The second-order valence-corrected chi connectivity index (χ2v) is 5.97. The summed E-state index contributed by atoms with van der Waals surface area (Å²) in [6.07, 6.45) is 8.01. The quantitative estimate of drug-likeness (QED) is 0.754. The van der Waals surface area contributed by atoms with Crippen LogP contribution in [0.15, 0.2) is 36.8 Å². The van der Waals surface area contributed by atoms with E-state index in [1.54, 1.807) is 18.2 Å². The highest BCUT2D eigenvalue weighted by Crippen LogP contribution is 2.35. The molecule has 0 bridgehead atoms. The smallest absolute Gasteiger partial charge is 0.195 e. The van der Waals surface area contributed by atoms with Crippen molar-refractivity contribution in [3.63, 3.8) is 0 Å². The number of aromatic nitrogens is 3. The molecule has 1 aliphatic rings. The molecule has 0 unspecified atom stereocenters. The molecule has 5 nitrogen and oxygen atoms in total. The minimum Gasteiger partial charge on any atom is -0.383 e. The first kappa shape index (κ1) is 13.9. The van der Waals surface area contributed by atoms with Crippen molar-refractivity contribution in [1.29, 1.82) is 0 Å². The van der Waals surface area contributed by atoms with Gasteiger partial charge >= 0.3 is 0 Å². The molecule has 23 heavy (non-hydrogen) atoms. The standard InChI is InChI=1S/C18H17N4O/c19-17-15-14(16(23)12-6-2-1-3-7-12)10-22(13-8-4-5-9-13)18(15)21-11-20-17/h1-2,6-7,10-11,13H,4-5,8-9H2,(H2,19,20,21). The molecule has 5 heteroatoms. The van der Waals surface area contributed by atoms with E-state index < -0.39 is 0 Å². The van der Waals surface area contributed by atoms with Gasteiger partial charge in [-0.25, -0.2) is 9.97 Å². The third-order valence-corrected chi connectivity index (χ3v) is 4.57. The molecule has 2 aromatic heterocycles. The number of rotatable bonds is 3. The molecule has 1 aliphatic carbocycles. The average molecular weight is 305 g/mol. The van der Waals surface area contributed by atoms with Gasteiger partial charge in [-0.2, -0.15) is 0 Å². The normalized spacial score (nSPS) is 15.3. The van der Waals surface area contributed by atoms with Crippen LogP contribution in [0.1, 0.15) is 47.6 Å². The van der Waals surface area contributed by atoms with Crippen LogP contribution >= 0.6 is 0 Å². The monoisotopic (exact) mass is 305 g/mol. The molecule has 4 rings (SSSR count). The summed E-state index contributed by atoms with van der Waals surface area (Å²) in [6, 6.07) is 10.4. The van der Waals surface area contributed by atoms with Gasteiger partial charge in [0.25, 0.3) is 0 Å². The Morgan fingerprint density at radius 3 is 2.87 bits per heavy atom. The molecule has 3 aromatic rings. The Kier molecular flexibility index (Phi) is 3.33. The summed E-state index contributed by atoms with van der Waals surface area (Å²) in [5.41, 5.74) is 7.99. The zero-order valence-electron chi connectivity index (χ0n) is 12.7. The SMILES string of the molecule is Nc1ncnc2c1c(C(=O)c1c[c]ccc1)cn2C1CCCC1. The molecule has 0 atom stereocenters. The summed E-state index contributed by atoms with van der Waals surface area (Å²) in [7, 11) is 0. The highest BCUT2D eigenvalue weighted by molar-refractivity contribution is 6.17. The first-order valence-electron chi connectivity index (χ1n) is 7.87. The van der Waals surface area contributed by atoms with Gasteiger partial charge in [-0.05, 0) is 25.0 Å². The minimum absolute atomic E-state index is 0.0647. The Morgan fingerprint density at radius 1 is 1.30 bits per heavy atom.